The van der Waals surface area contributed by atoms with Crippen LogP contribution in [0.25, 0.3) is 0 Å². The third kappa shape index (κ3) is 5.07. The Bertz CT molecular complexity index is 867. The van der Waals surface area contributed by atoms with Gasteiger partial charge in [-0.3, -0.25) is 4.79 Å². The van der Waals surface area contributed by atoms with Crippen LogP contribution in [0, 0.1) is 0 Å². The first-order valence-corrected chi connectivity index (χ1v) is 11.1. The Morgan fingerprint density at radius 3 is 2.59 bits per heavy atom. The van der Waals surface area contributed by atoms with Gasteiger partial charge in [0.1, 0.15) is 5.69 Å². The van der Waals surface area contributed by atoms with Crippen LogP contribution in [0.5, 0.6) is 0 Å². The third-order valence-electron chi connectivity index (χ3n) is 4.84. The van der Waals surface area contributed by atoms with E-state index < -0.39 is 9.84 Å². The normalized spacial score (nSPS) is 18.2. The van der Waals surface area contributed by atoms with Crippen LogP contribution in [-0.2, 0) is 16.3 Å². The lowest BCUT2D eigenvalue weighted by atomic mass is 10.1. The van der Waals surface area contributed by atoms with Gasteiger partial charge in [-0.1, -0.05) is 30.3 Å². The molecule has 3 rings (SSSR count). The second-order valence-corrected chi connectivity index (χ2v) is 8.96. The van der Waals surface area contributed by atoms with Crippen molar-refractivity contribution in [3.05, 3.63) is 59.9 Å². The number of benzene rings is 1. The van der Waals surface area contributed by atoms with E-state index in [4.69, 9.17) is 0 Å². The number of anilines is 1. The molecule has 144 valence electrons. The summed E-state index contributed by atoms with van der Waals surface area (Å²) in [5.74, 6) is 0.218. The number of nitrogens with one attached hydrogen (secondary N) is 1. The van der Waals surface area contributed by atoms with E-state index in [0.717, 1.165) is 12.1 Å². The van der Waals surface area contributed by atoms with E-state index in [-0.39, 0.29) is 23.5 Å². The van der Waals surface area contributed by atoms with Crippen molar-refractivity contribution in [3.63, 3.8) is 0 Å². The van der Waals surface area contributed by atoms with Crippen molar-refractivity contribution in [3.8, 4) is 0 Å². The van der Waals surface area contributed by atoms with Crippen molar-refractivity contribution in [1.82, 2.24) is 10.3 Å². The van der Waals surface area contributed by atoms with E-state index in [1.165, 1.54) is 5.56 Å². The number of hydrogen-bond acceptors (Lipinski definition) is 5. The lowest BCUT2D eigenvalue weighted by Crippen LogP contribution is -2.36. The van der Waals surface area contributed by atoms with Crippen molar-refractivity contribution in [2.75, 3.05) is 29.5 Å². The van der Waals surface area contributed by atoms with Gasteiger partial charge in [0.15, 0.2) is 9.84 Å². The van der Waals surface area contributed by atoms with Crippen molar-refractivity contribution in [2.24, 2.45) is 0 Å². The molecular formula is C20H25N3O3S. The number of pyridine rings is 1. The Hall–Kier alpha value is -2.41. The molecule has 6 nitrogen and oxygen atoms in total. The Balaban J connectivity index is 1.58. The highest BCUT2D eigenvalue weighted by atomic mass is 32.2. The van der Waals surface area contributed by atoms with Gasteiger partial charge in [0.2, 0.25) is 0 Å². The third-order valence-corrected chi connectivity index (χ3v) is 6.59. The number of carbonyl (C=O) groups excluding carboxylic acids is 1. The Morgan fingerprint density at radius 2 is 2.00 bits per heavy atom. The molecule has 7 heteroatoms. The zero-order valence-electron chi connectivity index (χ0n) is 15.5. The maximum absolute atomic E-state index is 12.3. The largest absolute Gasteiger partial charge is 0.367 e. The number of rotatable bonds is 7. The first-order chi connectivity index (χ1) is 13.0. The predicted molar refractivity (Wildman–Crippen MR) is 107 cm³/mol. The van der Waals surface area contributed by atoms with Crippen molar-refractivity contribution >= 4 is 21.4 Å². The van der Waals surface area contributed by atoms with Gasteiger partial charge in [0.05, 0.1) is 23.4 Å². The number of hydrogen-bond donors (Lipinski definition) is 1. The molecule has 1 fully saturated rings. The van der Waals surface area contributed by atoms with Gasteiger partial charge < -0.3 is 10.2 Å². The standard InChI is InChI=1S/C20H25N3O3S/c1-2-23(18-11-13-27(25,26)15-18)17-8-9-19(22-14-17)20(24)21-12-10-16-6-4-3-5-7-16/h3-9,14,18H,2,10-13,15H2,1H3,(H,21,24). The second-order valence-electron chi connectivity index (χ2n) is 6.74. The van der Waals surface area contributed by atoms with E-state index in [1.54, 1.807) is 12.3 Å². The minimum absolute atomic E-state index is 0.0210. The first-order valence-electron chi connectivity index (χ1n) is 9.24. The number of nitrogens with zero attached hydrogens (tertiary/aromatic N) is 2. The van der Waals surface area contributed by atoms with E-state index in [0.29, 0.717) is 25.2 Å². The fraction of sp³-hybridized carbons (Fsp3) is 0.400. The maximum Gasteiger partial charge on any atom is 0.269 e. The SMILES string of the molecule is CCN(c1ccc(C(=O)NCCc2ccccc2)nc1)C1CCS(=O)(=O)C1. The zero-order valence-corrected chi connectivity index (χ0v) is 16.3. The zero-order chi connectivity index (χ0) is 19.3. The molecule has 1 aromatic heterocycles. The lowest BCUT2D eigenvalue weighted by molar-refractivity contribution is 0.0949. The molecule has 1 saturated heterocycles. The summed E-state index contributed by atoms with van der Waals surface area (Å²) in [4.78, 5) is 18.6. The average Bonchev–Trinajstić information content (AvgIpc) is 3.03. The molecule has 27 heavy (non-hydrogen) atoms. The predicted octanol–water partition coefficient (Wildman–Crippen LogP) is 2.07. The van der Waals surface area contributed by atoms with Crippen LogP contribution >= 0.6 is 0 Å². The fourth-order valence-electron chi connectivity index (χ4n) is 3.42. The van der Waals surface area contributed by atoms with Gasteiger partial charge >= 0.3 is 0 Å². The average molecular weight is 388 g/mol. The summed E-state index contributed by atoms with van der Waals surface area (Å²) in [6.45, 7) is 3.24. The fourth-order valence-corrected chi connectivity index (χ4v) is 5.15. The summed E-state index contributed by atoms with van der Waals surface area (Å²) in [6.07, 6.45) is 3.06. The van der Waals surface area contributed by atoms with Gasteiger partial charge in [-0.05, 0) is 37.5 Å². The molecule has 1 amide bonds. The molecule has 1 aliphatic rings. The maximum atomic E-state index is 12.3. The molecule has 2 heterocycles. The summed E-state index contributed by atoms with van der Waals surface area (Å²) in [6, 6.07) is 13.5. The highest BCUT2D eigenvalue weighted by molar-refractivity contribution is 7.91. The monoisotopic (exact) mass is 387 g/mol. The molecule has 0 saturated carbocycles. The van der Waals surface area contributed by atoms with Gasteiger partial charge in [0, 0.05) is 19.1 Å². The quantitative estimate of drug-likeness (QED) is 0.787. The number of amides is 1. The Morgan fingerprint density at radius 1 is 1.22 bits per heavy atom. The number of sulfone groups is 1. The van der Waals surface area contributed by atoms with Crippen LogP contribution in [0.3, 0.4) is 0 Å². The molecule has 1 aromatic carbocycles. The summed E-state index contributed by atoms with van der Waals surface area (Å²) in [7, 11) is -2.94. The number of carbonyl (C=O) groups is 1. The number of aromatic nitrogens is 1. The van der Waals surface area contributed by atoms with Crippen LogP contribution in [0.1, 0.15) is 29.4 Å². The topological polar surface area (TPSA) is 79.4 Å². The van der Waals surface area contributed by atoms with E-state index >= 15 is 0 Å². The van der Waals surface area contributed by atoms with E-state index in [9.17, 15) is 13.2 Å². The van der Waals surface area contributed by atoms with E-state index in [1.807, 2.05) is 43.3 Å². The molecule has 1 atom stereocenters. The van der Waals surface area contributed by atoms with Crippen LogP contribution in [0.2, 0.25) is 0 Å². The summed E-state index contributed by atoms with van der Waals surface area (Å²) < 4.78 is 23.5. The van der Waals surface area contributed by atoms with Crippen LogP contribution in [0.4, 0.5) is 5.69 Å². The van der Waals surface area contributed by atoms with Gasteiger partial charge in [-0.25, -0.2) is 13.4 Å². The van der Waals surface area contributed by atoms with Crippen molar-refractivity contribution < 1.29 is 13.2 Å². The highest BCUT2D eigenvalue weighted by Gasteiger charge is 2.31. The van der Waals surface area contributed by atoms with Crippen molar-refractivity contribution in [2.45, 2.75) is 25.8 Å². The molecule has 0 aliphatic carbocycles. The summed E-state index contributed by atoms with van der Waals surface area (Å²) in [5, 5.41) is 2.88. The van der Waals surface area contributed by atoms with E-state index in [2.05, 4.69) is 15.2 Å². The molecule has 1 unspecified atom stereocenters. The smallest absolute Gasteiger partial charge is 0.269 e. The van der Waals surface area contributed by atoms with Crippen LogP contribution in [0.15, 0.2) is 48.7 Å². The summed E-state index contributed by atoms with van der Waals surface area (Å²) in [5.41, 5.74) is 2.38. The van der Waals surface area contributed by atoms with Gasteiger partial charge in [0.25, 0.3) is 5.91 Å². The molecule has 0 bridgehead atoms. The van der Waals surface area contributed by atoms with Gasteiger partial charge in [-0.15, -0.1) is 0 Å². The van der Waals surface area contributed by atoms with Crippen LogP contribution < -0.4 is 10.2 Å². The second kappa shape index (κ2) is 8.52. The lowest BCUT2D eigenvalue weighted by Gasteiger charge is -2.28. The summed E-state index contributed by atoms with van der Waals surface area (Å²) >= 11 is 0. The Kier molecular flexibility index (Phi) is 6.11. The minimum atomic E-state index is -2.94. The Labute approximate surface area is 160 Å². The van der Waals surface area contributed by atoms with Crippen LogP contribution in [-0.4, -0.2) is 49.9 Å². The highest BCUT2D eigenvalue weighted by Crippen LogP contribution is 2.23. The molecular weight excluding hydrogens is 362 g/mol. The van der Waals surface area contributed by atoms with Crippen molar-refractivity contribution in [1.29, 1.82) is 0 Å². The molecule has 2 aromatic rings. The minimum Gasteiger partial charge on any atom is -0.367 e. The first kappa shape index (κ1) is 19.4. The molecule has 0 radical (unpaired) electrons. The molecule has 0 spiro atoms. The molecule has 1 N–H and O–H groups in total. The molecule has 1 aliphatic heterocycles. The van der Waals surface area contributed by atoms with Gasteiger partial charge in [-0.2, -0.15) is 0 Å².